The highest BCUT2D eigenvalue weighted by Crippen LogP contribution is 2.60. The Labute approximate surface area is 281 Å². The van der Waals surface area contributed by atoms with E-state index in [-0.39, 0.29) is 5.41 Å². The van der Waals surface area contributed by atoms with Crippen LogP contribution in [0.3, 0.4) is 0 Å². The first-order chi connectivity index (χ1) is 23.6. The van der Waals surface area contributed by atoms with E-state index in [1.54, 1.807) is 0 Å². The van der Waals surface area contributed by atoms with Gasteiger partial charge in [-0.05, 0) is 94.0 Å². The molecule has 7 aromatic carbocycles. The van der Waals surface area contributed by atoms with Crippen molar-refractivity contribution < 1.29 is 4.74 Å². The van der Waals surface area contributed by atoms with Crippen molar-refractivity contribution in [1.29, 1.82) is 0 Å². The van der Waals surface area contributed by atoms with Crippen LogP contribution in [0.1, 0.15) is 25.0 Å². The fourth-order valence-electron chi connectivity index (χ4n) is 7.41. The molecule has 48 heavy (non-hydrogen) atoms. The van der Waals surface area contributed by atoms with Crippen LogP contribution in [-0.2, 0) is 5.41 Å². The van der Waals surface area contributed by atoms with Gasteiger partial charge in [-0.25, -0.2) is 0 Å². The summed E-state index contributed by atoms with van der Waals surface area (Å²) in [6, 6.07) is 60.6. The molecule has 0 radical (unpaired) electrons. The monoisotopic (exact) mass is 618 g/mol. The quantitative estimate of drug-likeness (QED) is 0.191. The Balaban J connectivity index is 1.16. The lowest BCUT2D eigenvalue weighted by atomic mass is 9.72. The van der Waals surface area contributed by atoms with Gasteiger partial charge >= 0.3 is 0 Å². The smallest absolute Gasteiger partial charge is 0.151 e. The van der Waals surface area contributed by atoms with Crippen LogP contribution in [0.5, 0.6) is 11.5 Å². The molecule has 0 aliphatic carbocycles. The van der Waals surface area contributed by atoms with Gasteiger partial charge in [0.2, 0.25) is 0 Å². The summed E-state index contributed by atoms with van der Waals surface area (Å²) in [5, 5.41) is 0. The van der Waals surface area contributed by atoms with Gasteiger partial charge in [-0.3, -0.25) is 0 Å². The van der Waals surface area contributed by atoms with Crippen LogP contribution in [0.2, 0.25) is 0 Å². The Hall–Kier alpha value is -6.06. The Morgan fingerprint density at radius 1 is 0.438 bits per heavy atom. The summed E-state index contributed by atoms with van der Waals surface area (Å²) in [6.07, 6.45) is 0. The molecule has 0 saturated heterocycles. The second-order valence-electron chi connectivity index (χ2n) is 13.0. The Kier molecular flexibility index (Phi) is 6.48. The summed E-state index contributed by atoms with van der Waals surface area (Å²) in [5.41, 5.74) is 13.8. The van der Waals surface area contributed by atoms with Gasteiger partial charge in [0.1, 0.15) is 0 Å². The molecule has 3 heteroatoms. The number of benzene rings is 7. The molecule has 0 atom stereocenters. The molecule has 0 aromatic heterocycles. The van der Waals surface area contributed by atoms with E-state index in [0.29, 0.717) is 0 Å². The highest BCUT2D eigenvalue weighted by Gasteiger charge is 2.41. The predicted molar refractivity (Wildman–Crippen MR) is 199 cm³/mol. The highest BCUT2D eigenvalue weighted by atomic mass is 16.5. The molecule has 0 fully saturated rings. The van der Waals surface area contributed by atoms with Gasteiger partial charge in [-0.1, -0.05) is 123 Å². The summed E-state index contributed by atoms with van der Waals surface area (Å²) in [4.78, 5) is 4.74. The van der Waals surface area contributed by atoms with Crippen LogP contribution in [0.4, 0.5) is 34.1 Å². The minimum atomic E-state index is -0.191. The van der Waals surface area contributed by atoms with E-state index in [1.165, 1.54) is 33.5 Å². The maximum absolute atomic E-state index is 6.46. The second kappa shape index (κ2) is 11.0. The van der Waals surface area contributed by atoms with Gasteiger partial charge in [-0.15, -0.1) is 0 Å². The molecular formula is C45H34N2O. The van der Waals surface area contributed by atoms with E-state index in [1.807, 2.05) is 6.07 Å². The highest BCUT2D eigenvalue weighted by molar-refractivity contribution is 5.94. The van der Waals surface area contributed by atoms with E-state index in [4.69, 9.17) is 4.74 Å². The van der Waals surface area contributed by atoms with Crippen molar-refractivity contribution in [2.24, 2.45) is 0 Å². The number of hydrogen-bond donors (Lipinski definition) is 0. The lowest BCUT2D eigenvalue weighted by Crippen LogP contribution is -2.32. The summed E-state index contributed by atoms with van der Waals surface area (Å²) < 4.78 is 6.46. The summed E-state index contributed by atoms with van der Waals surface area (Å²) in [7, 11) is 0. The molecule has 2 aliphatic rings. The van der Waals surface area contributed by atoms with E-state index >= 15 is 0 Å². The molecule has 0 amide bonds. The Morgan fingerprint density at radius 2 is 1.02 bits per heavy atom. The fraction of sp³-hybridized carbons (Fsp3) is 0.0667. The van der Waals surface area contributed by atoms with E-state index in [0.717, 1.165) is 45.5 Å². The van der Waals surface area contributed by atoms with Crippen LogP contribution in [0.15, 0.2) is 170 Å². The third-order valence-corrected chi connectivity index (χ3v) is 9.82. The molecule has 230 valence electrons. The van der Waals surface area contributed by atoms with Crippen LogP contribution < -0.4 is 14.5 Å². The lowest BCUT2D eigenvalue weighted by molar-refractivity contribution is 0.471. The molecule has 2 heterocycles. The molecule has 0 unspecified atom stereocenters. The van der Waals surface area contributed by atoms with Crippen molar-refractivity contribution in [1.82, 2.24) is 0 Å². The number of rotatable bonds is 5. The SMILES string of the molecule is CC1(C)c2ccc(-c3cccc(N(c4ccccc4)c4ccc(-c5ccccc5)cc4)c3)cc2N2c3ccccc3Oc3cccc1c32. The van der Waals surface area contributed by atoms with Crippen molar-refractivity contribution in [3.05, 3.63) is 181 Å². The van der Waals surface area contributed by atoms with Crippen molar-refractivity contribution in [2.75, 3.05) is 9.80 Å². The molecule has 0 N–H and O–H groups in total. The topological polar surface area (TPSA) is 15.7 Å². The van der Waals surface area contributed by atoms with Crippen LogP contribution in [0.25, 0.3) is 22.3 Å². The molecule has 2 aliphatic heterocycles. The largest absolute Gasteiger partial charge is 0.453 e. The molecule has 0 bridgehead atoms. The predicted octanol–water partition coefficient (Wildman–Crippen LogP) is 12.7. The zero-order valence-corrected chi connectivity index (χ0v) is 27.0. The van der Waals surface area contributed by atoms with E-state index < -0.39 is 0 Å². The molecule has 9 rings (SSSR count). The molecule has 3 nitrogen and oxygen atoms in total. The van der Waals surface area contributed by atoms with Gasteiger partial charge in [0.25, 0.3) is 0 Å². The zero-order chi connectivity index (χ0) is 32.2. The maximum atomic E-state index is 6.46. The average Bonchev–Trinajstić information content (AvgIpc) is 3.14. The van der Waals surface area contributed by atoms with Crippen molar-refractivity contribution in [3.8, 4) is 33.8 Å². The molecule has 7 aromatic rings. The summed E-state index contributed by atoms with van der Waals surface area (Å²) in [5.74, 6) is 1.77. The maximum Gasteiger partial charge on any atom is 0.151 e. The third-order valence-electron chi connectivity index (χ3n) is 9.82. The minimum Gasteiger partial charge on any atom is -0.453 e. The number of para-hydroxylation sites is 4. The first kappa shape index (κ1) is 28.2. The first-order valence-electron chi connectivity index (χ1n) is 16.5. The van der Waals surface area contributed by atoms with E-state index in [9.17, 15) is 0 Å². The standard InChI is InChI=1S/C45H34N2O/c1-45(2)38-28-25-34(30-41(38)47-40-20-9-10-21-42(40)48-43-22-12-19-39(45)44(43)47)33-15-11-18-37(29-33)46(35-16-7-4-8-17-35)36-26-23-32(24-27-36)31-13-5-3-6-14-31/h3-30H,1-2H3. The second-order valence-corrected chi connectivity index (χ2v) is 13.0. The number of fused-ring (bicyclic) bond motifs is 4. The first-order valence-corrected chi connectivity index (χ1v) is 16.5. The van der Waals surface area contributed by atoms with Crippen molar-refractivity contribution in [2.45, 2.75) is 19.3 Å². The van der Waals surface area contributed by atoms with Crippen LogP contribution in [0, 0.1) is 0 Å². The number of ether oxygens (including phenoxy) is 1. The van der Waals surface area contributed by atoms with Gasteiger partial charge in [-0.2, -0.15) is 0 Å². The van der Waals surface area contributed by atoms with Gasteiger partial charge < -0.3 is 14.5 Å². The summed E-state index contributed by atoms with van der Waals surface area (Å²) >= 11 is 0. The fourth-order valence-corrected chi connectivity index (χ4v) is 7.41. The Bertz CT molecular complexity index is 2290. The van der Waals surface area contributed by atoms with Gasteiger partial charge in [0.05, 0.1) is 17.1 Å². The van der Waals surface area contributed by atoms with E-state index in [2.05, 4.69) is 187 Å². The minimum absolute atomic E-state index is 0.191. The van der Waals surface area contributed by atoms with Gasteiger partial charge in [0.15, 0.2) is 11.5 Å². The number of nitrogens with zero attached hydrogens (tertiary/aromatic N) is 2. The normalized spacial score (nSPS) is 13.5. The van der Waals surface area contributed by atoms with Gasteiger partial charge in [0, 0.05) is 22.5 Å². The number of hydrogen-bond acceptors (Lipinski definition) is 3. The Morgan fingerprint density at radius 3 is 1.83 bits per heavy atom. The zero-order valence-electron chi connectivity index (χ0n) is 27.0. The van der Waals surface area contributed by atoms with Crippen LogP contribution in [-0.4, -0.2) is 0 Å². The lowest BCUT2D eigenvalue weighted by Gasteiger charge is -2.45. The third kappa shape index (κ3) is 4.51. The molecule has 0 saturated carbocycles. The van der Waals surface area contributed by atoms with Crippen molar-refractivity contribution >= 4 is 34.1 Å². The van der Waals surface area contributed by atoms with Crippen LogP contribution >= 0.6 is 0 Å². The summed E-state index contributed by atoms with van der Waals surface area (Å²) in [6.45, 7) is 4.64. The van der Waals surface area contributed by atoms with Crippen molar-refractivity contribution in [3.63, 3.8) is 0 Å². The average molecular weight is 619 g/mol. The number of anilines is 6. The molecular weight excluding hydrogens is 585 g/mol. The molecule has 0 spiro atoms.